The van der Waals surface area contributed by atoms with E-state index in [1.54, 1.807) is 18.2 Å². The Kier molecular flexibility index (Phi) is 4.86. The molecular formula is C16H14ClNO5. The van der Waals surface area contributed by atoms with Crippen molar-refractivity contribution < 1.29 is 19.4 Å². The van der Waals surface area contributed by atoms with Gasteiger partial charge in [-0.3, -0.25) is 9.79 Å². The molecule has 120 valence electrons. The van der Waals surface area contributed by atoms with Crippen LogP contribution in [-0.2, 0) is 6.54 Å². The predicted molar refractivity (Wildman–Crippen MR) is 85.7 cm³/mol. The van der Waals surface area contributed by atoms with Crippen molar-refractivity contribution in [3.8, 4) is 11.7 Å². The van der Waals surface area contributed by atoms with Crippen LogP contribution >= 0.6 is 11.6 Å². The van der Waals surface area contributed by atoms with Crippen molar-refractivity contribution in [2.24, 2.45) is 4.99 Å². The number of rotatable bonds is 4. The second-order valence-corrected chi connectivity index (χ2v) is 5.32. The molecule has 2 rings (SSSR count). The van der Waals surface area contributed by atoms with Gasteiger partial charge in [0.1, 0.15) is 16.9 Å². The Balaban J connectivity index is 2.45. The fraction of sp³-hybridized carbons (Fsp3) is 0.188. The van der Waals surface area contributed by atoms with Crippen molar-refractivity contribution in [2.75, 3.05) is 0 Å². The minimum atomic E-state index is -0.975. The van der Waals surface area contributed by atoms with Gasteiger partial charge in [-0.05, 0) is 31.5 Å². The van der Waals surface area contributed by atoms with E-state index in [0.717, 1.165) is 12.5 Å². The van der Waals surface area contributed by atoms with E-state index in [1.165, 1.54) is 6.92 Å². The summed E-state index contributed by atoms with van der Waals surface area (Å²) in [6, 6.07) is 7.02. The Hall–Kier alpha value is -2.60. The van der Waals surface area contributed by atoms with Crippen molar-refractivity contribution in [3.05, 3.63) is 56.4 Å². The number of halogens is 1. The highest BCUT2D eigenvalue weighted by Gasteiger charge is 2.23. The van der Waals surface area contributed by atoms with Gasteiger partial charge in [0.05, 0.1) is 12.3 Å². The zero-order chi connectivity index (χ0) is 17.1. The number of benzene rings is 1. The van der Waals surface area contributed by atoms with Crippen LogP contribution in [0.2, 0.25) is 5.02 Å². The molecule has 0 fully saturated rings. The number of aliphatic imine (C=N–C) groups is 1. The second-order valence-electron chi connectivity index (χ2n) is 4.88. The summed E-state index contributed by atoms with van der Waals surface area (Å²) >= 11 is 5.88. The van der Waals surface area contributed by atoms with E-state index in [1.807, 2.05) is 6.07 Å². The molecule has 0 bridgehead atoms. The van der Waals surface area contributed by atoms with E-state index >= 15 is 0 Å². The predicted octanol–water partition coefficient (Wildman–Crippen LogP) is 2.92. The molecule has 2 N–H and O–H groups in total. The molecule has 1 aromatic heterocycles. The Bertz CT molecular complexity index is 854. The largest absolute Gasteiger partial charge is 0.506 e. The van der Waals surface area contributed by atoms with Gasteiger partial charge in [-0.15, -0.1) is 0 Å². The highest BCUT2D eigenvalue weighted by atomic mass is 35.5. The van der Waals surface area contributed by atoms with Crippen LogP contribution in [0.25, 0.3) is 0 Å². The molecule has 0 saturated heterocycles. The lowest BCUT2D eigenvalue weighted by molar-refractivity contribution is 0.100. The SMILES string of the molecule is CC(=O)c1c(O)oc(=O)c(C(C)=NCc2cccc(Cl)c2)c1O. The number of Topliss-reactive ketones (excluding diaryl/α,β-unsaturated/α-hetero) is 1. The smallest absolute Gasteiger partial charge is 0.351 e. The van der Waals surface area contributed by atoms with E-state index in [0.29, 0.717) is 5.02 Å². The second kappa shape index (κ2) is 6.66. The normalized spacial score (nSPS) is 11.5. The van der Waals surface area contributed by atoms with Gasteiger partial charge in [0.15, 0.2) is 5.78 Å². The maximum atomic E-state index is 11.8. The molecule has 0 atom stereocenters. The maximum Gasteiger partial charge on any atom is 0.351 e. The molecule has 0 aliphatic heterocycles. The summed E-state index contributed by atoms with van der Waals surface area (Å²) in [7, 11) is 0. The molecule has 0 spiro atoms. The lowest BCUT2D eigenvalue weighted by Crippen LogP contribution is -2.15. The molecule has 0 aliphatic carbocycles. The van der Waals surface area contributed by atoms with Gasteiger partial charge in [0.2, 0.25) is 0 Å². The van der Waals surface area contributed by atoms with Crippen molar-refractivity contribution >= 4 is 23.1 Å². The standard InChI is InChI=1S/C16H14ClNO5/c1-8(18-7-10-4-3-5-11(17)6-10)12-14(20)13(9(2)19)16(22)23-15(12)21/h3-6,20,22H,7H2,1-2H3. The Morgan fingerprint density at radius 1 is 1.26 bits per heavy atom. The van der Waals surface area contributed by atoms with Gasteiger partial charge in [-0.1, -0.05) is 23.7 Å². The van der Waals surface area contributed by atoms with Crippen LogP contribution in [0.1, 0.15) is 35.3 Å². The number of nitrogens with zero attached hydrogens (tertiary/aromatic N) is 1. The summed E-state index contributed by atoms with van der Waals surface area (Å²) < 4.78 is 4.59. The molecule has 0 aliphatic rings. The van der Waals surface area contributed by atoms with Gasteiger partial charge >= 0.3 is 5.63 Å². The molecule has 0 radical (unpaired) electrons. The van der Waals surface area contributed by atoms with Gasteiger partial charge in [-0.2, -0.15) is 0 Å². The molecule has 0 unspecified atom stereocenters. The van der Waals surface area contributed by atoms with E-state index in [-0.39, 0.29) is 17.8 Å². The number of hydrogen-bond donors (Lipinski definition) is 2. The van der Waals surface area contributed by atoms with Crippen LogP contribution in [0, 0.1) is 0 Å². The quantitative estimate of drug-likeness (QED) is 0.661. The fourth-order valence-corrected chi connectivity index (χ4v) is 2.29. The van der Waals surface area contributed by atoms with Crippen molar-refractivity contribution in [1.29, 1.82) is 0 Å². The van der Waals surface area contributed by atoms with E-state index in [9.17, 15) is 19.8 Å². The van der Waals surface area contributed by atoms with Gasteiger partial charge in [-0.25, -0.2) is 4.79 Å². The van der Waals surface area contributed by atoms with E-state index in [2.05, 4.69) is 9.41 Å². The maximum absolute atomic E-state index is 11.8. The van der Waals surface area contributed by atoms with Crippen molar-refractivity contribution in [1.82, 2.24) is 0 Å². The topological polar surface area (TPSA) is 100 Å². The lowest BCUT2D eigenvalue weighted by atomic mass is 10.1. The first-order valence-corrected chi connectivity index (χ1v) is 7.05. The third-order valence-corrected chi connectivity index (χ3v) is 3.42. The Morgan fingerprint density at radius 2 is 1.96 bits per heavy atom. The Morgan fingerprint density at radius 3 is 2.57 bits per heavy atom. The number of hydrogen-bond acceptors (Lipinski definition) is 6. The summed E-state index contributed by atoms with van der Waals surface area (Å²) in [5.74, 6) is -2.18. The first kappa shape index (κ1) is 16.8. The molecule has 7 heteroatoms. The van der Waals surface area contributed by atoms with Gasteiger partial charge < -0.3 is 14.6 Å². The Labute approximate surface area is 136 Å². The average molecular weight is 336 g/mol. The van der Waals surface area contributed by atoms with Crippen molar-refractivity contribution in [3.63, 3.8) is 0 Å². The molecule has 2 aromatic rings. The molecule has 1 heterocycles. The first-order chi connectivity index (χ1) is 10.8. The van der Waals surface area contributed by atoms with E-state index < -0.39 is 28.7 Å². The number of ketones is 1. The third-order valence-electron chi connectivity index (χ3n) is 3.18. The minimum Gasteiger partial charge on any atom is -0.506 e. The average Bonchev–Trinajstić information content (AvgIpc) is 2.44. The monoisotopic (exact) mass is 335 g/mol. The summed E-state index contributed by atoms with van der Waals surface area (Å²) in [6.07, 6.45) is 0. The molecule has 0 amide bonds. The lowest BCUT2D eigenvalue weighted by Gasteiger charge is -2.07. The highest BCUT2D eigenvalue weighted by molar-refractivity contribution is 6.30. The zero-order valence-corrected chi connectivity index (χ0v) is 13.2. The summed E-state index contributed by atoms with van der Waals surface area (Å²) in [5, 5.41) is 20.1. The van der Waals surface area contributed by atoms with Gasteiger partial charge in [0.25, 0.3) is 5.95 Å². The first-order valence-electron chi connectivity index (χ1n) is 6.67. The molecular weight excluding hydrogens is 322 g/mol. The minimum absolute atomic E-state index is 0.179. The number of carbonyl (C=O) groups is 1. The van der Waals surface area contributed by atoms with Gasteiger partial charge in [0, 0.05) is 5.02 Å². The third kappa shape index (κ3) is 3.60. The summed E-state index contributed by atoms with van der Waals surface area (Å²) in [5.41, 5.74) is -0.686. The molecule has 23 heavy (non-hydrogen) atoms. The van der Waals surface area contributed by atoms with Crippen LogP contribution in [0.15, 0.2) is 38.5 Å². The number of aromatic hydroxyl groups is 2. The number of carbonyl (C=O) groups excluding carboxylic acids is 1. The summed E-state index contributed by atoms with van der Waals surface area (Å²) in [4.78, 5) is 27.5. The fourth-order valence-electron chi connectivity index (χ4n) is 2.07. The molecule has 6 nitrogen and oxygen atoms in total. The van der Waals surface area contributed by atoms with Crippen LogP contribution in [0.4, 0.5) is 0 Å². The van der Waals surface area contributed by atoms with Crippen LogP contribution < -0.4 is 5.63 Å². The van der Waals surface area contributed by atoms with Crippen molar-refractivity contribution in [2.45, 2.75) is 20.4 Å². The summed E-state index contributed by atoms with van der Waals surface area (Å²) in [6.45, 7) is 2.86. The molecule has 1 aromatic carbocycles. The van der Waals surface area contributed by atoms with Crippen LogP contribution in [0.5, 0.6) is 11.7 Å². The highest BCUT2D eigenvalue weighted by Crippen LogP contribution is 2.28. The zero-order valence-electron chi connectivity index (χ0n) is 12.5. The van der Waals surface area contributed by atoms with Crippen LogP contribution in [0.3, 0.4) is 0 Å². The van der Waals surface area contributed by atoms with Crippen LogP contribution in [-0.4, -0.2) is 21.7 Å². The molecule has 0 saturated carbocycles. The van der Waals surface area contributed by atoms with E-state index in [4.69, 9.17) is 11.6 Å².